The fourth-order valence-electron chi connectivity index (χ4n) is 5.98. The summed E-state index contributed by atoms with van der Waals surface area (Å²) < 4.78 is 49.1. The van der Waals surface area contributed by atoms with Gasteiger partial charge in [0.05, 0.1) is 11.4 Å². The third-order valence-corrected chi connectivity index (χ3v) is 10.7. The first-order valence-electron chi connectivity index (χ1n) is 15.5. The minimum Gasteiger partial charge on any atom is -0.465 e. The smallest absolute Gasteiger partial charge is 0.407 e. The average Bonchev–Trinajstić information content (AvgIpc) is 3.88. The summed E-state index contributed by atoms with van der Waals surface area (Å²) in [5.74, 6) is -1.90. The molecule has 2 aliphatic rings. The summed E-state index contributed by atoms with van der Waals surface area (Å²) in [6.45, 7) is 1.85. The highest BCUT2D eigenvalue weighted by molar-refractivity contribution is 7.90. The summed E-state index contributed by atoms with van der Waals surface area (Å²) in [6.07, 6.45) is -0.207. The maximum atomic E-state index is 15.4. The summed E-state index contributed by atoms with van der Waals surface area (Å²) in [5, 5.41) is 26.0. The lowest BCUT2D eigenvalue weighted by atomic mass is 9.76. The number of azide groups is 1. The van der Waals surface area contributed by atoms with Crippen molar-refractivity contribution in [1.82, 2.24) is 9.62 Å². The van der Waals surface area contributed by atoms with Crippen LogP contribution in [0.5, 0.6) is 0 Å². The van der Waals surface area contributed by atoms with E-state index >= 15 is 4.39 Å². The fourth-order valence-corrected chi connectivity index (χ4v) is 7.71. The number of hydrogen-bond acceptors (Lipinski definition) is 7. The van der Waals surface area contributed by atoms with E-state index in [1.165, 1.54) is 25.1 Å². The molecule has 0 spiro atoms. The van der Waals surface area contributed by atoms with Gasteiger partial charge in [-0.05, 0) is 86.7 Å². The second-order valence-electron chi connectivity index (χ2n) is 12.1. The van der Waals surface area contributed by atoms with Gasteiger partial charge < -0.3 is 25.2 Å². The molecule has 4 atom stereocenters. The summed E-state index contributed by atoms with van der Waals surface area (Å²) in [6, 6.07) is 8.91. The van der Waals surface area contributed by atoms with E-state index < -0.39 is 57.2 Å². The van der Waals surface area contributed by atoms with E-state index in [4.69, 9.17) is 16.3 Å². The van der Waals surface area contributed by atoms with Gasteiger partial charge in [-0.1, -0.05) is 34.9 Å². The van der Waals surface area contributed by atoms with E-state index in [1.807, 2.05) is 0 Å². The van der Waals surface area contributed by atoms with Gasteiger partial charge in [-0.3, -0.25) is 4.79 Å². The van der Waals surface area contributed by atoms with Gasteiger partial charge in [-0.25, -0.2) is 22.3 Å². The third kappa shape index (κ3) is 10.3. The third-order valence-electron chi connectivity index (χ3n) is 8.42. The molecule has 1 aliphatic heterocycles. The Balaban J connectivity index is 1.59. The van der Waals surface area contributed by atoms with Crippen LogP contribution in [0.4, 0.5) is 14.9 Å². The van der Waals surface area contributed by atoms with E-state index in [-0.39, 0.29) is 43.1 Å². The first-order chi connectivity index (χ1) is 22.4. The Morgan fingerprint density at radius 1 is 1.15 bits per heavy atom. The van der Waals surface area contributed by atoms with E-state index in [1.54, 1.807) is 24.3 Å². The van der Waals surface area contributed by atoms with Crippen LogP contribution in [0, 0.1) is 11.7 Å². The second kappa shape index (κ2) is 16.6. The molecule has 2 aromatic carbocycles. The first-order valence-corrected chi connectivity index (χ1v) is 17.4. The zero-order valence-corrected chi connectivity index (χ0v) is 27.5. The number of halogens is 2. The molecule has 1 saturated heterocycles. The Morgan fingerprint density at radius 2 is 1.83 bits per heavy atom. The number of carbonyl (C=O) groups is 2. The number of nitrogens with zero attached hydrogens (tertiary/aromatic N) is 4. The molecule has 0 bridgehead atoms. The van der Waals surface area contributed by atoms with E-state index in [0.717, 1.165) is 10.5 Å². The molecule has 4 rings (SSSR count). The average molecular weight is 695 g/mol. The molecule has 1 aliphatic carbocycles. The Kier molecular flexibility index (Phi) is 12.8. The molecule has 2 amide bonds. The van der Waals surface area contributed by atoms with Crippen molar-refractivity contribution < 1.29 is 37.3 Å². The van der Waals surface area contributed by atoms with Crippen LogP contribution >= 0.6 is 11.6 Å². The lowest BCUT2D eigenvalue weighted by Crippen LogP contribution is -2.48. The van der Waals surface area contributed by atoms with Gasteiger partial charge in [-0.15, -0.1) is 0 Å². The van der Waals surface area contributed by atoms with Crippen LogP contribution in [0.25, 0.3) is 10.4 Å². The molecule has 1 heterocycles. The number of aliphatic hydroxyl groups is 1. The molecule has 47 heavy (non-hydrogen) atoms. The first kappa shape index (κ1) is 36.4. The molecular weight excluding hydrogens is 655 g/mol. The van der Waals surface area contributed by atoms with Crippen molar-refractivity contribution in [2.75, 3.05) is 31.6 Å². The molecule has 0 unspecified atom stereocenters. The van der Waals surface area contributed by atoms with Crippen LogP contribution in [0.15, 0.2) is 47.6 Å². The topological polar surface area (TPSA) is 194 Å². The van der Waals surface area contributed by atoms with Crippen LogP contribution < -0.4 is 10.0 Å². The number of anilines is 1. The summed E-state index contributed by atoms with van der Waals surface area (Å²) in [7, 11) is -3.76. The highest BCUT2D eigenvalue weighted by Crippen LogP contribution is 2.38. The van der Waals surface area contributed by atoms with Gasteiger partial charge in [-0.2, -0.15) is 0 Å². The minimum atomic E-state index is -3.76. The van der Waals surface area contributed by atoms with Crippen LogP contribution in [0.3, 0.4) is 0 Å². The molecule has 16 heteroatoms. The SMILES string of the molecule is C[C@@H](O)CN(C[C@H](CCc1c(F)cccc1NC(=O)[C@@H](N=[N+]=[N-])[C@@H](c1ccc(Cl)cc1)C1CCOCC1)NS(=O)(=O)C1CC1)C(=O)O. The molecule has 13 nitrogen and oxygen atoms in total. The Hall–Kier alpha value is -3.46. The van der Waals surface area contributed by atoms with E-state index in [2.05, 4.69) is 20.1 Å². The fraction of sp³-hybridized carbons (Fsp3) is 0.548. The predicted octanol–water partition coefficient (Wildman–Crippen LogP) is 5.05. The van der Waals surface area contributed by atoms with Crippen LogP contribution in [-0.2, 0) is 26.0 Å². The van der Waals surface area contributed by atoms with Gasteiger partial charge in [0, 0.05) is 59.4 Å². The number of rotatable bonds is 16. The molecule has 0 aromatic heterocycles. The molecule has 256 valence electrons. The van der Waals surface area contributed by atoms with E-state index in [0.29, 0.717) is 43.9 Å². The molecule has 2 aromatic rings. The maximum Gasteiger partial charge on any atom is 0.407 e. The van der Waals surface area contributed by atoms with Gasteiger partial charge in [0.1, 0.15) is 11.9 Å². The Bertz CT molecular complexity index is 1550. The summed E-state index contributed by atoms with van der Waals surface area (Å²) in [5.41, 5.74) is 10.4. The van der Waals surface area contributed by atoms with Gasteiger partial charge >= 0.3 is 6.09 Å². The lowest BCUT2D eigenvalue weighted by molar-refractivity contribution is -0.118. The predicted molar refractivity (Wildman–Crippen MR) is 174 cm³/mol. The zero-order chi connectivity index (χ0) is 34.1. The minimum absolute atomic E-state index is 0.0193. The Labute approximate surface area is 278 Å². The highest BCUT2D eigenvalue weighted by atomic mass is 35.5. The van der Waals surface area contributed by atoms with Crippen molar-refractivity contribution in [1.29, 1.82) is 0 Å². The van der Waals surface area contributed by atoms with Crippen molar-refractivity contribution in [3.8, 4) is 0 Å². The summed E-state index contributed by atoms with van der Waals surface area (Å²) >= 11 is 6.12. The van der Waals surface area contributed by atoms with Crippen molar-refractivity contribution in [2.45, 2.75) is 74.8 Å². The highest BCUT2D eigenvalue weighted by Gasteiger charge is 2.38. The van der Waals surface area contributed by atoms with Crippen molar-refractivity contribution >= 4 is 39.3 Å². The summed E-state index contributed by atoms with van der Waals surface area (Å²) in [4.78, 5) is 29.6. The van der Waals surface area contributed by atoms with Gasteiger partial charge in [0.15, 0.2) is 0 Å². The van der Waals surface area contributed by atoms with Crippen molar-refractivity contribution in [3.63, 3.8) is 0 Å². The van der Waals surface area contributed by atoms with Crippen LogP contribution in [-0.4, -0.2) is 85.3 Å². The standard InChI is InChI=1S/C31H40ClFN6O7S/c1-19(40)17-39(31(42)43)18-23(37-47(44,45)24-10-11-24)9-12-25-26(33)3-2-4-27(25)35-30(41)29(36-38-34)28(21-13-15-46-16-14-21)20-5-7-22(32)8-6-20/h2-8,19,21,23-24,28-29,37,40H,9-18H2,1H3,(H,35,41)(H,42,43)/t19-,23+,28+,29+/m1/s1. The number of aliphatic hydroxyl groups excluding tert-OH is 1. The number of nitrogens with one attached hydrogen (secondary N) is 2. The van der Waals surface area contributed by atoms with Crippen LogP contribution in [0.1, 0.15) is 56.1 Å². The van der Waals surface area contributed by atoms with Crippen LogP contribution in [0.2, 0.25) is 5.02 Å². The number of carbonyl (C=O) groups excluding carboxylic acids is 1. The number of amides is 2. The number of carboxylic acid groups (broad SMARTS) is 1. The Morgan fingerprint density at radius 3 is 2.43 bits per heavy atom. The molecular formula is C31H40ClFN6O7S. The largest absolute Gasteiger partial charge is 0.465 e. The molecule has 0 radical (unpaired) electrons. The molecule has 4 N–H and O–H groups in total. The van der Waals surface area contributed by atoms with Crippen molar-refractivity contribution in [2.24, 2.45) is 11.0 Å². The van der Waals surface area contributed by atoms with Gasteiger partial charge in [0.25, 0.3) is 0 Å². The van der Waals surface area contributed by atoms with Crippen molar-refractivity contribution in [3.05, 3.63) is 74.9 Å². The molecule has 2 fully saturated rings. The lowest BCUT2D eigenvalue weighted by Gasteiger charge is -2.34. The zero-order valence-electron chi connectivity index (χ0n) is 26.0. The monoisotopic (exact) mass is 694 g/mol. The quantitative estimate of drug-likeness (QED) is 0.107. The maximum absolute atomic E-state index is 15.4. The number of hydrogen-bond donors (Lipinski definition) is 4. The van der Waals surface area contributed by atoms with Gasteiger partial charge in [0.2, 0.25) is 15.9 Å². The second-order valence-corrected chi connectivity index (χ2v) is 14.5. The number of sulfonamides is 1. The number of benzene rings is 2. The molecule has 1 saturated carbocycles. The normalized spacial score (nSPS) is 18.0. The van der Waals surface area contributed by atoms with E-state index in [9.17, 15) is 33.8 Å². The number of ether oxygens (including phenoxy) is 1.